The number of hydrogen-bond acceptors (Lipinski definition) is 5. The number of ether oxygens (including phenoxy) is 1. The number of hydrogen-bond donors (Lipinski definition) is 0. The number of thioether (sulfide) groups is 1. The summed E-state index contributed by atoms with van der Waals surface area (Å²) in [5.74, 6) is 2.68. The summed E-state index contributed by atoms with van der Waals surface area (Å²) in [7, 11) is 0. The van der Waals surface area contributed by atoms with E-state index in [2.05, 4.69) is 48.8 Å². The molecule has 0 spiro atoms. The van der Waals surface area contributed by atoms with E-state index in [1.165, 1.54) is 5.56 Å². The molecular formula is C24H26N4OS. The standard InChI is InChI=1S/C24H26N4OS/c1-5-14-28-23(18(4)29-22-12-10-19(11-13-22)17(2)3)26-27-24(28)30-16-21-9-7-6-8-20(21)15-25/h5-13,17-18H,1,14,16H2,2-4H3. The maximum Gasteiger partial charge on any atom is 0.191 e. The molecule has 1 unspecified atom stereocenters. The molecule has 0 N–H and O–H groups in total. The first kappa shape index (κ1) is 21.7. The fourth-order valence-electron chi connectivity index (χ4n) is 3.09. The minimum absolute atomic E-state index is 0.261. The van der Waals surface area contributed by atoms with E-state index < -0.39 is 0 Å². The summed E-state index contributed by atoms with van der Waals surface area (Å²) in [6.07, 6.45) is 1.56. The van der Waals surface area contributed by atoms with Crippen LogP contribution in [0, 0.1) is 11.3 Å². The summed E-state index contributed by atoms with van der Waals surface area (Å²) in [5.41, 5.74) is 2.94. The Balaban J connectivity index is 1.76. The van der Waals surface area contributed by atoms with Crippen LogP contribution in [0.3, 0.4) is 0 Å². The maximum absolute atomic E-state index is 9.30. The average Bonchev–Trinajstić information content (AvgIpc) is 3.15. The first-order valence-electron chi connectivity index (χ1n) is 9.95. The van der Waals surface area contributed by atoms with Gasteiger partial charge in [0.05, 0.1) is 11.6 Å². The Bertz CT molecular complexity index is 1030. The van der Waals surface area contributed by atoms with E-state index >= 15 is 0 Å². The maximum atomic E-state index is 9.30. The van der Waals surface area contributed by atoms with Gasteiger partial charge in [0.15, 0.2) is 17.1 Å². The van der Waals surface area contributed by atoms with E-state index in [1.54, 1.807) is 11.8 Å². The van der Waals surface area contributed by atoms with Crippen LogP contribution in [0.1, 0.15) is 55.3 Å². The van der Waals surface area contributed by atoms with Gasteiger partial charge in [0.25, 0.3) is 0 Å². The summed E-state index contributed by atoms with van der Waals surface area (Å²) >= 11 is 1.55. The molecule has 0 aliphatic heterocycles. The first-order chi connectivity index (χ1) is 14.5. The zero-order valence-electron chi connectivity index (χ0n) is 17.6. The van der Waals surface area contributed by atoms with Gasteiger partial charge in [-0.1, -0.05) is 62.0 Å². The molecule has 2 aromatic carbocycles. The number of nitrogens with zero attached hydrogens (tertiary/aromatic N) is 4. The Morgan fingerprint density at radius 3 is 2.53 bits per heavy atom. The summed E-state index contributed by atoms with van der Waals surface area (Å²) in [4.78, 5) is 0. The fraction of sp³-hybridized carbons (Fsp3) is 0.292. The molecule has 0 bridgehead atoms. The van der Waals surface area contributed by atoms with Gasteiger partial charge in [0.2, 0.25) is 0 Å². The lowest BCUT2D eigenvalue weighted by molar-refractivity contribution is 0.210. The van der Waals surface area contributed by atoms with Crippen molar-refractivity contribution in [2.75, 3.05) is 0 Å². The van der Waals surface area contributed by atoms with Gasteiger partial charge >= 0.3 is 0 Å². The predicted molar refractivity (Wildman–Crippen MR) is 121 cm³/mol. The van der Waals surface area contributed by atoms with Crippen molar-refractivity contribution in [2.45, 2.75) is 50.2 Å². The highest BCUT2D eigenvalue weighted by atomic mass is 32.2. The van der Waals surface area contributed by atoms with Gasteiger partial charge in [-0.05, 0) is 42.2 Å². The van der Waals surface area contributed by atoms with E-state index in [9.17, 15) is 5.26 Å². The van der Waals surface area contributed by atoms with E-state index in [0.717, 1.165) is 22.3 Å². The summed E-state index contributed by atoms with van der Waals surface area (Å²) < 4.78 is 8.14. The molecule has 0 saturated carbocycles. The van der Waals surface area contributed by atoms with Gasteiger partial charge < -0.3 is 4.74 Å². The molecule has 1 heterocycles. The van der Waals surface area contributed by atoms with E-state index in [0.29, 0.717) is 23.8 Å². The molecule has 30 heavy (non-hydrogen) atoms. The van der Waals surface area contributed by atoms with Crippen molar-refractivity contribution in [1.29, 1.82) is 5.26 Å². The first-order valence-corrected chi connectivity index (χ1v) is 10.9. The SMILES string of the molecule is C=CCn1c(SCc2ccccc2C#N)nnc1C(C)Oc1ccc(C(C)C)cc1. The Labute approximate surface area is 182 Å². The highest BCUT2D eigenvalue weighted by Gasteiger charge is 2.19. The van der Waals surface area contributed by atoms with Crippen LogP contribution in [0.5, 0.6) is 5.75 Å². The smallest absolute Gasteiger partial charge is 0.191 e. The lowest BCUT2D eigenvalue weighted by Crippen LogP contribution is -2.12. The Kier molecular flexibility index (Phi) is 7.31. The van der Waals surface area contributed by atoms with E-state index in [4.69, 9.17) is 4.74 Å². The van der Waals surface area contributed by atoms with Crippen molar-refractivity contribution < 1.29 is 4.74 Å². The summed E-state index contributed by atoms with van der Waals surface area (Å²) in [5, 5.41) is 18.8. The van der Waals surface area contributed by atoms with Crippen LogP contribution in [-0.4, -0.2) is 14.8 Å². The molecule has 0 aliphatic carbocycles. The predicted octanol–water partition coefficient (Wildman–Crippen LogP) is 5.89. The second-order valence-electron chi connectivity index (χ2n) is 7.28. The minimum Gasteiger partial charge on any atom is -0.483 e. The summed E-state index contributed by atoms with van der Waals surface area (Å²) in [6, 6.07) is 18.0. The monoisotopic (exact) mass is 418 g/mol. The highest BCUT2D eigenvalue weighted by molar-refractivity contribution is 7.98. The molecule has 5 nitrogen and oxygen atoms in total. The lowest BCUT2D eigenvalue weighted by atomic mass is 10.0. The zero-order chi connectivity index (χ0) is 21.5. The van der Waals surface area contributed by atoms with Crippen molar-refractivity contribution in [2.24, 2.45) is 0 Å². The summed E-state index contributed by atoms with van der Waals surface area (Å²) in [6.45, 7) is 10.8. The number of aromatic nitrogens is 3. The number of nitriles is 1. The van der Waals surface area contributed by atoms with Crippen molar-refractivity contribution in [3.63, 3.8) is 0 Å². The third-order valence-electron chi connectivity index (χ3n) is 4.77. The van der Waals surface area contributed by atoms with Crippen molar-refractivity contribution in [3.8, 4) is 11.8 Å². The Morgan fingerprint density at radius 2 is 1.87 bits per heavy atom. The molecule has 1 aromatic heterocycles. The van der Waals surface area contributed by atoms with Gasteiger partial charge in [-0.15, -0.1) is 16.8 Å². The molecule has 0 saturated heterocycles. The normalized spacial score (nSPS) is 11.8. The molecule has 154 valence electrons. The van der Waals surface area contributed by atoms with Crippen LogP contribution in [0.2, 0.25) is 0 Å². The number of benzene rings is 2. The van der Waals surface area contributed by atoms with Crippen LogP contribution in [0.15, 0.2) is 66.3 Å². The topological polar surface area (TPSA) is 63.7 Å². The highest BCUT2D eigenvalue weighted by Crippen LogP contribution is 2.28. The molecule has 0 amide bonds. The van der Waals surface area contributed by atoms with Gasteiger partial charge in [-0.2, -0.15) is 5.26 Å². The Hall–Kier alpha value is -3.04. The second-order valence-corrected chi connectivity index (χ2v) is 8.22. The molecule has 3 aromatic rings. The molecule has 3 rings (SSSR count). The molecular weight excluding hydrogens is 392 g/mol. The van der Waals surface area contributed by atoms with Gasteiger partial charge in [0.1, 0.15) is 5.75 Å². The van der Waals surface area contributed by atoms with Crippen LogP contribution in [0.25, 0.3) is 0 Å². The van der Waals surface area contributed by atoms with Gasteiger partial charge in [-0.3, -0.25) is 4.57 Å². The van der Waals surface area contributed by atoms with Gasteiger partial charge in [0, 0.05) is 12.3 Å². The second kappa shape index (κ2) is 10.1. The zero-order valence-corrected chi connectivity index (χ0v) is 18.4. The van der Waals surface area contributed by atoms with Gasteiger partial charge in [-0.25, -0.2) is 0 Å². The van der Waals surface area contributed by atoms with E-state index in [1.807, 2.05) is 54.0 Å². The van der Waals surface area contributed by atoms with Crippen molar-refractivity contribution in [1.82, 2.24) is 14.8 Å². The van der Waals surface area contributed by atoms with Crippen LogP contribution in [-0.2, 0) is 12.3 Å². The molecule has 0 aliphatic rings. The van der Waals surface area contributed by atoms with Crippen molar-refractivity contribution >= 4 is 11.8 Å². The molecule has 0 fully saturated rings. The fourth-order valence-corrected chi connectivity index (χ4v) is 4.05. The molecule has 1 atom stereocenters. The van der Waals surface area contributed by atoms with Crippen LogP contribution in [0.4, 0.5) is 0 Å². The van der Waals surface area contributed by atoms with E-state index in [-0.39, 0.29) is 6.10 Å². The molecule has 6 heteroatoms. The van der Waals surface area contributed by atoms with Crippen molar-refractivity contribution in [3.05, 3.63) is 83.7 Å². The number of rotatable bonds is 9. The number of allylic oxidation sites excluding steroid dienone is 1. The largest absolute Gasteiger partial charge is 0.483 e. The van der Waals surface area contributed by atoms with Crippen LogP contribution < -0.4 is 4.74 Å². The lowest BCUT2D eigenvalue weighted by Gasteiger charge is -2.16. The minimum atomic E-state index is -0.261. The van der Waals surface area contributed by atoms with Crippen LogP contribution >= 0.6 is 11.8 Å². The average molecular weight is 419 g/mol. The third-order valence-corrected chi connectivity index (χ3v) is 5.79. The quantitative estimate of drug-likeness (QED) is 0.320. The molecule has 0 radical (unpaired) electrons. The Morgan fingerprint density at radius 1 is 1.13 bits per heavy atom. The third kappa shape index (κ3) is 5.11.